The maximum absolute atomic E-state index is 13.7. The number of alkyl halides is 2. The van der Waals surface area contributed by atoms with E-state index in [0.717, 1.165) is 0 Å². The Kier molecular flexibility index (Phi) is 2.61. The Balaban J connectivity index is 2.20. The zero-order valence-corrected chi connectivity index (χ0v) is 8.47. The number of halogens is 2. The molecule has 1 aliphatic rings. The van der Waals surface area contributed by atoms with Gasteiger partial charge in [0.1, 0.15) is 5.75 Å². The molecule has 1 unspecified atom stereocenters. The highest BCUT2D eigenvalue weighted by Crippen LogP contribution is 2.36. The third kappa shape index (κ3) is 1.81. The molecule has 0 amide bonds. The number of methoxy groups -OCH3 is 1. The molecule has 1 aliphatic heterocycles. The first kappa shape index (κ1) is 10.4. The van der Waals surface area contributed by atoms with Crippen LogP contribution >= 0.6 is 0 Å². The summed E-state index contributed by atoms with van der Waals surface area (Å²) in [6.07, 6.45) is 0.527. The molecule has 0 aliphatic carbocycles. The van der Waals surface area contributed by atoms with Crippen molar-refractivity contribution in [3.63, 3.8) is 0 Å². The van der Waals surface area contributed by atoms with Gasteiger partial charge in [-0.2, -0.15) is 8.78 Å². The number of benzene rings is 1. The van der Waals surface area contributed by atoms with E-state index in [1.54, 1.807) is 12.1 Å². The highest BCUT2D eigenvalue weighted by Gasteiger charge is 2.44. The van der Waals surface area contributed by atoms with Gasteiger partial charge in [0, 0.05) is 5.56 Å². The van der Waals surface area contributed by atoms with Gasteiger partial charge in [0.25, 0.3) is 5.92 Å². The van der Waals surface area contributed by atoms with Crippen molar-refractivity contribution in [3.8, 4) is 5.75 Å². The molecular weight excluding hydrogens is 200 g/mol. The van der Waals surface area contributed by atoms with Gasteiger partial charge < -0.3 is 10.1 Å². The highest BCUT2D eigenvalue weighted by molar-refractivity contribution is 5.31. The summed E-state index contributed by atoms with van der Waals surface area (Å²) >= 11 is 0. The molecule has 82 valence electrons. The van der Waals surface area contributed by atoms with Crippen molar-refractivity contribution in [3.05, 3.63) is 29.8 Å². The van der Waals surface area contributed by atoms with Gasteiger partial charge in [0.2, 0.25) is 0 Å². The summed E-state index contributed by atoms with van der Waals surface area (Å²) in [5.41, 5.74) is 0.0421. The molecule has 0 aromatic heterocycles. The SMILES string of the molecule is COc1ccc(C(F)(F)C2CCN2)cc1. The minimum Gasteiger partial charge on any atom is -0.497 e. The van der Waals surface area contributed by atoms with Crippen LogP contribution in [0, 0.1) is 0 Å². The van der Waals surface area contributed by atoms with Crippen LogP contribution in [0.3, 0.4) is 0 Å². The van der Waals surface area contributed by atoms with E-state index in [2.05, 4.69) is 5.32 Å². The van der Waals surface area contributed by atoms with Crippen molar-refractivity contribution < 1.29 is 13.5 Å². The first-order chi connectivity index (χ1) is 7.14. The first-order valence-electron chi connectivity index (χ1n) is 4.90. The van der Waals surface area contributed by atoms with E-state index >= 15 is 0 Å². The van der Waals surface area contributed by atoms with Crippen molar-refractivity contribution in [1.29, 1.82) is 0 Å². The zero-order valence-electron chi connectivity index (χ0n) is 8.47. The molecule has 1 saturated heterocycles. The van der Waals surface area contributed by atoms with Gasteiger partial charge in [-0.15, -0.1) is 0 Å². The molecule has 15 heavy (non-hydrogen) atoms. The molecule has 4 heteroatoms. The van der Waals surface area contributed by atoms with Crippen LogP contribution in [0.1, 0.15) is 12.0 Å². The third-order valence-electron chi connectivity index (χ3n) is 2.74. The maximum atomic E-state index is 13.7. The van der Waals surface area contributed by atoms with Crippen LogP contribution in [0.15, 0.2) is 24.3 Å². The first-order valence-corrected chi connectivity index (χ1v) is 4.90. The van der Waals surface area contributed by atoms with Crippen molar-refractivity contribution in [2.24, 2.45) is 0 Å². The van der Waals surface area contributed by atoms with E-state index in [1.807, 2.05) is 0 Å². The zero-order chi connectivity index (χ0) is 10.9. The lowest BCUT2D eigenvalue weighted by molar-refractivity contribution is -0.0646. The molecule has 0 radical (unpaired) electrons. The smallest absolute Gasteiger partial charge is 0.288 e. The molecule has 1 N–H and O–H groups in total. The molecular formula is C11H13F2NO. The van der Waals surface area contributed by atoms with E-state index < -0.39 is 12.0 Å². The van der Waals surface area contributed by atoms with E-state index in [-0.39, 0.29) is 5.56 Å². The van der Waals surface area contributed by atoms with E-state index in [4.69, 9.17) is 4.74 Å². The molecule has 1 heterocycles. The molecule has 1 aromatic rings. The second kappa shape index (κ2) is 3.77. The normalized spacial score (nSPS) is 20.9. The van der Waals surface area contributed by atoms with E-state index in [1.165, 1.54) is 19.2 Å². The summed E-state index contributed by atoms with van der Waals surface area (Å²) in [7, 11) is 1.51. The lowest BCUT2D eigenvalue weighted by atomic mass is 9.94. The third-order valence-corrected chi connectivity index (χ3v) is 2.74. The monoisotopic (exact) mass is 213 g/mol. The van der Waals surface area contributed by atoms with Gasteiger partial charge >= 0.3 is 0 Å². The largest absolute Gasteiger partial charge is 0.497 e. The predicted octanol–water partition coefficient (Wildman–Crippen LogP) is 2.15. The van der Waals surface area contributed by atoms with Gasteiger partial charge in [-0.1, -0.05) is 0 Å². The summed E-state index contributed by atoms with van der Waals surface area (Å²) in [5.74, 6) is -2.19. The second-order valence-corrected chi connectivity index (χ2v) is 3.65. The topological polar surface area (TPSA) is 21.3 Å². The molecule has 1 fully saturated rings. The number of hydrogen-bond donors (Lipinski definition) is 1. The molecule has 1 aromatic carbocycles. The van der Waals surface area contributed by atoms with Crippen LogP contribution < -0.4 is 10.1 Å². The van der Waals surface area contributed by atoms with Crippen molar-refractivity contribution in [1.82, 2.24) is 5.32 Å². The van der Waals surface area contributed by atoms with Crippen LogP contribution in [0.4, 0.5) is 8.78 Å². The number of hydrogen-bond acceptors (Lipinski definition) is 2. The summed E-state index contributed by atoms with van der Waals surface area (Å²) in [5, 5.41) is 2.73. The Bertz CT molecular complexity index is 333. The van der Waals surface area contributed by atoms with Crippen molar-refractivity contribution >= 4 is 0 Å². The quantitative estimate of drug-likeness (QED) is 0.830. The summed E-state index contributed by atoms with van der Waals surface area (Å²) in [6.45, 7) is 0.677. The van der Waals surface area contributed by atoms with Gasteiger partial charge in [-0.05, 0) is 37.2 Å². The number of nitrogens with one attached hydrogen (secondary N) is 1. The van der Waals surface area contributed by atoms with E-state index in [9.17, 15) is 8.78 Å². The fraction of sp³-hybridized carbons (Fsp3) is 0.455. The Hall–Kier alpha value is -1.16. The Labute approximate surface area is 87.2 Å². The van der Waals surface area contributed by atoms with Crippen LogP contribution in [0.2, 0.25) is 0 Å². The van der Waals surface area contributed by atoms with Crippen LogP contribution in [0.25, 0.3) is 0 Å². The average molecular weight is 213 g/mol. The van der Waals surface area contributed by atoms with Crippen LogP contribution in [-0.4, -0.2) is 19.7 Å². The van der Waals surface area contributed by atoms with Crippen LogP contribution in [0.5, 0.6) is 5.75 Å². The summed E-state index contributed by atoms with van der Waals surface area (Å²) < 4.78 is 32.4. The van der Waals surface area contributed by atoms with Crippen molar-refractivity contribution in [2.45, 2.75) is 18.4 Å². The lowest BCUT2D eigenvalue weighted by Crippen LogP contribution is -2.53. The number of rotatable bonds is 3. The Morgan fingerprint density at radius 3 is 2.33 bits per heavy atom. The molecule has 0 spiro atoms. The van der Waals surface area contributed by atoms with Crippen LogP contribution in [-0.2, 0) is 5.92 Å². The second-order valence-electron chi connectivity index (χ2n) is 3.65. The van der Waals surface area contributed by atoms with E-state index in [0.29, 0.717) is 18.7 Å². The van der Waals surface area contributed by atoms with Gasteiger partial charge in [-0.3, -0.25) is 0 Å². The Morgan fingerprint density at radius 1 is 1.33 bits per heavy atom. The molecule has 0 bridgehead atoms. The molecule has 0 saturated carbocycles. The molecule has 1 atom stereocenters. The standard InChI is InChI=1S/C11H13F2NO/c1-15-9-4-2-8(3-5-9)11(12,13)10-6-7-14-10/h2-5,10,14H,6-7H2,1H3. The lowest BCUT2D eigenvalue weighted by Gasteiger charge is -2.35. The summed E-state index contributed by atoms with van der Waals surface area (Å²) in [6, 6.07) is 5.23. The van der Waals surface area contributed by atoms with Gasteiger partial charge in [-0.25, -0.2) is 0 Å². The molecule has 2 rings (SSSR count). The Morgan fingerprint density at radius 2 is 1.93 bits per heavy atom. The van der Waals surface area contributed by atoms with Gasteiger partial charge in [0.05, 0.1) is 13.2 Å². The highest BCUT2D eigenvalue weighted by atomic mass is 19.3. The van der Waals surface area contributed by atoms with Gasteiger partial charge in [0.15, 0.2) is 0 Å². The minimum absolute atomic E-state index is 0.0421. The summed E-state index contributed by atoms with van der Waals surface area (Å²) in [4.78, 5) is 0. The van der Waals surface area contributed by atoms with Crippen molar-refractivity contribution in [2.75, 3.05) is 13.7 Å². The molecule has 2 nitrogen and oxygen atoms in total. The number of ether oxygens (including phenoxy) is 1. The average Bonchev–Trinajstić information content (AvgIpc) is 2.14. The minimum atomic E-state index is -2.79. The predicted molar refractivity (Wildman–Crippen MR) is 53.3 cm³/mol. The fourth-order valence-electron chi connectivity index (χ4n) is 1.61. The fourth-order valence-corrected chi connectivity index (χ4v) is 1.61. The maximum Gasteiger partial charge on any atom is 0.288 e.